The van der Waals surface area contributed by atoms with Crippen molar-refractivity contribution in [2.24, 2.45) is 0 Å². The Labute approximate surface area is 179 Å². The summed E-state index contributed by atoms with van der Waals surface area (Å²) in [4.78, 5) is 38.9. The van der Waals surface area contributed by atoms with Crippen LogP contribution in [0, 0.1) is 6.92 Å². The van der Waals surface area contributed by atoms with E-state index in [4.69, 9.17) is 4.74 Å². The quantitative estimate of drug-likeness (QED) is 0.470. The van der Waals surface area contributed by atoms with E-state index in [2.05, 4.69) is 10.4 Å². The number of carbonyl (C=O) groups excluding carboxylic acids is 2. The highest BCUT2D eigenvalue weighted by Gasteiger charge is 2.23. The van der Waals surface area contributed by atoms with E-state index in [1.807, 2.05) is 13.0 Å². The molecular weight excluding hydrogens is 422 g/mol. The van der Waals surface area contributed by atoms with Crippen molar-refractivity contribution in [1.82, 2.24) is 9.78 Å². The van der Waals surface area contributed by atoms with E-state index in [-0.39, 0.29) is 23.6 Å². The first-order valence-electron chi connectivity index (χ1n) is 9.13. The van der Waals surface area contributed by atoms with Gasteiger partial charge in [-0.05, 0) is 43.0 Å². The highest BCUT2D eigenvalue weighted by molar-refractivity contribution is 7.16. The zero-order valence-electron chi connectivity index (χ0n) is 16.2. The maximum Gasteiger partial charge on any atom is 0.359 e. The Hall–Kier alpha value is -3.30. The Balaban J connectivity index is 1.92. The molecule has 0 saturated carbocycles. The number of nitrogens with one attached hydrogen (secondary N) is 1. The molecule has 4 aromatic rings. The molecule has 0 bridgehead atoms. The lowest BCUT2D eigenvalue weighted by atomic mass is 10.2. The van der Waals surface area contributed by atoms with Crippen LogP contribution in [-0.2, 0) is 4.74 Å². The van der Waals surface area contributed by atoms with Crippen LogP contribution >= 0.6 is 22.7 Å². The van der Waals surface area contributed by atoms with Gasteiger partial charge in [0.05, 0.1) is 22.6 Å². The van der Waals surface area contributed by atoms with Crippen molar-refractivity contribution in [3.63, 3.8) is 0 Å². The second-order valence-corrected chi connectivity index (χ2v) is 8.24. The second kappa shape index (κ2) is 8.21. The van der Waals surface area contributed by atoms with Crippen molar-refractivity contribution in [2.45, 2.75) is 13.8 Å². The van der Waals surface area contributed by atoms with Gasteiger partial charge in [0.2, 0.25) is 0 Å². The molecule has 3 heterocycles. The molecule has 0 unspecified atom stereocenters. The number of thiophene rings is 2. The predicted octanol–water partition coefficient (Wildman–Crippen LogP) is 4.25. The maximum atomic E-state index is 13.3. The molecule has 152 valence electrons. The van der Waals surface area contributed by atoms with E-state index in [1.165, 1.54) is 27.4 Å². The summed E-state index contributed by atoms with van der Waals surface area (Å²) in [5, 5.41) is 11.5. The molecule has 3 aromatic heterocycles. The number of aromatic nitrogens is 2. The lowest BCUT2D eigenvalue weighted by Gasteiger charge is -2.10. The van der Waals surface area contributed by atoms with Crippen LogP contribution in [0.25, 0.3) is 16.5 Å². The molecule has 30 heavy (non-hydrogen) atoms. The first-order valence-corrected chi connectivity index (χ1v) is 10.9. The van der Waals surface area contributed by atoms with Gasteiger partial charge in [-0.2, -0.15) is 9.78 Å². The van der Waals surface area contributed by atoms with Crippen molar-refractivity contribution in [2.75, 3.05) is 11.9 Å². The molecule has 0 spiro atoms. The number of carbonyl (C=O) groups is 2. The molecule has 0 aliphatic heterocycles. The highest BCUT2D eigenvalue weighted by atomic mass is 32.1. The minimum absolute atomic E-state index is 0.0285. The number of hydrogen-bond acceptors (Lipinski definition) is 7. The normalized spacial score (nSPS) is 10.9. The Morgan fingerprint density at radius 3 is 2.73 bits per heavy atom. The van der Waals surface area contributed by atoms with Crippen LogP contribution in [-0.4, -0.2) is 28.3 Å². The summed E-state index contributed by atoms with van der Waals surface area (Å²) in [7, 11) is 0. The van der Waals surface area contributed by atoms with Crippen molar-refractivity contribution in [3.05, 3.63) is 73.6 Å². The van der Waals surface area contributed by atoms with Gasteiger partial charge in [0.25, 0.3) is 11.5 Å². The average molecular weight is 440 g/mol. The SMILES string of the molecule is CCOC(=O)c1nn(-c2cccc(C)c2)c(=O)c2c(NC(=O)c3cccs3)scc12. The third-order valence-electron chi connectivity index (χ3n) is 4.34. The van der Waals surface area contributed by atoms with Crippen molar-refractivity contribution in [3.8, 4) is 5.69 Å². The molecule has 1 aromatic carbocycles. The molecule has 0 saturated heterocycles. The summed E-state index contributed by atoms with van der Waals surface area (Å²) in [6.45, 7) is 3.78. The third kappa shape index (κ3) is 3.64. The second-order valence-electron chi connectivity index (χ2n) is 6.41. The molecule has 1 amide bonds. The van der Waals surface area contributed by atoms with Gasteiger partial charge in [0.1, 0.15) is 5.00 Å². The molecule has 0 fully saturated rings. The number of ether oxygens (including phenoxy) is 1. The highest BCUT2D eigenvalue weighted by Crippen LogP contribution is 2.31. The lowest BCUT2D eigenvalue weighted by molar-refractivity contribution is 0.0520. The van der Waals surface area contributed by atoms with E-state index >= 15 is 0 Å². The van der Waals surface area contributed by atoms with Crippen molar-refractivity contribution < 1.29 is 14.3 Å². The van der Waals surface area contributed by atoms with E-state index in [9.17, 15) is 14.4 Å². The number of benzene rings is 1. The molecule has 0 atom stereocenters. The van der Waals surface area contributed by atoms with Crippen LogP contribution < -0.4 is 10.9 Å². The monoisotopic (exact) mass is 439 g/mol. The lowest BCUT2D eigenvalue weighted by Crippen LogP contribution is -2.25. The first kappa shape index (κ1) is 20.0. The van der Waals surface area contributed by atoms with Crippen LogP contribution in [0.5, 0.6) is 0 Å². The Kier molecular flexibility index (Phi) is 5.47. The number of esters is 1. The average Bonchev–Trinajstić information content (AvgIpc) is 3.39. The topological polar surface area (TPSA) is 90.3 Å². The molecule has 0 radical (unpaired) electrons. The van der Waals surface area contributed by atoms with Crippen molar-refractivity contribution in [1.29, 1.82) is 0 Å². The summed E-state index contributed by atoms with van der Waals surface area (Å²) in [6, 6.07) is 10.7. The summed E-state index contributed by atoms with van der Waals surface area (Å²) in [5.41, 5.74) is 1.07. The largest absolute Gasteiger partial charge is 0.461 e. The standard InChI is InChI=1S/C21H17N3O4S2/c1-3-28-21(27)17-14-11-30-19(22-18(25)15-8-5-9-29-15)16(14)20(26)24(23-17)13-7-4-6-12(2)10-13/h4-11H,3H2,1-2H3,(H,22,25). The molecule has 9 heteroatoms. The summed E-state index contributed by atoms with van der Waals surface area (Å²) in [5.74, 6) is -0.942. The Morgan fingerprint density at radius 2 is 2.03 bits per heavy atom. The number of nitrogens with zero attached hydrogens (tertiary/aromatic N) is 2. The third-order valence-corrected chi connectivity index (χ3v) is 6.10. The van der Waals surface area contributed by atoms with E-state index in [0.717, 1.165) is 5.56 Å². The van der Waals surface area contributed by atoms with Gasteiger partial charge in [0.15, 0.2) is 5.69 Å². The zero-order valence-corrected chi connectivity index (χ0v) is 17.8. The zero-order chi connectivity index (χ0) is 21.3. The van der Waals surface area contributed by atoms with E-state index in [1.54, 1.807) is 48.0 Å². The van der Waals surface area contributed by atoms with Gasteiger partial charge < -0.3 is 10.1 Å². The molecule has 1 N–H and O–H groups in total. The van der Waals surface area contributed by atoms with Gasteiger partial charge in [0, 0.05) is 10.8 Å². The van der Waals surface area contributed by atoms with Crippen LogP contribution in [0.3, 0.4) is 0 Å². The molecule has 0 aliphatic rings. The molecule has 4 rings (SSSR count). The van der Waals surface area contributed by atoms with E-state index in [0.29, 0.717) is 21.0 Å². The summed E-state index contributed by atoms with van der Waals surface area (Å²) < 4.78 is 6.32. The minimum Gasteiger partial charge on any atom is -0.461 e. The summed E-state index contributed by atoms with van der Waals surface area (Å²) in [6.07, 6.45) is 0. The summed E-state index contributed by atoms with van der Waals surface area (Å²) >= 11 is 2.47. The number of hydrogen-bond donors (Lipinski definition) is 1. The van der Waals surface area contributed by atoms with Crippen LogP contribution in [0.15, 0.2) is 52.0 Å². The Bertz CT molecular complexity index is 1310. The number of rotatable bonds is 5. The Morgan fingerprint density at radius 1 is 1.20 bits per heavy atom. The van der Waals surface area contributed by atoms with Gasteiger partial charge in [-0.3, -0.25) is 9.59 Å². The number of amides is 1. The maximum absolute atomic E-state index is 13.3. The van der Waals surface area contributed by atoms with Crippen LogP contribution in [0.4, 0.5) is 5.00 Å². The van der Waals surface area contributed by atoms with Gasteiger partial charge in [-0.25, -0.2) is 4.79 Å². The van der Waals surface area contributed by atoms with Gasteiger partial charge >= 0.3 is 5.97 Å². The number of anilines is 1. The fourth-order valence-electron chi connectivity index (χ4n) is 3.00. The molecule has 0 aliphatic carbocycles. The predicted molar refractivity (Wildman–Crippen MR) is 118 cm³/mol. The molecule has 7 nitrogen and oxygen atoms in total. The first-order chi connectivity index (χ1) is 14.5. The smallest absolute Gasteiger partial charge is 0.359 e. The van der Waals surface area contributed by atoms with Gasteiger partial charge in [-0.15, -0.1) is 22.7 Å². The molecular formula is C21H17N3O4S2. The van der Waals surface area contributed by atoms with Gasteiger partial charge in [-0.1, -0.05) is 18.2 Å². The fourth-order valence-corrected chi connectivity index (χ4v) is 4.55. The number of aryl methyl sites for hydroxylation is 1. The number of fused-ring (bicyclic) bond motifs is 1. The minimum atomic E-state index is -0.627. The van der Waals surface area contributed by atoms with Crippen LogP contribution in [0.2, 0.25) is 0 Å². The van der Waals surface area contributed by atoms with Crippen molar-refractivity contribution >= 4 is 50.3 Å². The van der Waals surface area contributed by atoms with E-state index < -0.39 is 11.5 Å². The fraction of sp³-hybridized carbons (Fsp3) is 0.143. The van der Waals surface area contributed by atoms with Crippen LogP contribution in [0.1, 0.15) is 32.6 Å².